The minimum Gasteiger partial charge on any atom is -0.479 e. The van der Waals surface area contributed by atoms with Gasteiger partial charge in [0.15, 0.2) is 6.10 Å². The minimum absolute atomic E-state index is 0.0548. The van der Waals surface area contributed by atoms with E-state index < -0.39 is 25.5 Å². The minimum atomic E-state index is -4.03. The summed E-state index contributed by atoms with van der Waals surface area (Å²) >= 11 is 0. The first-order valence-corrected chi connectivity index (χ1v) is 6.30. The van der Waals surface area contributed by atoms with Gasteiger partial charge in [0.2, 0.25) is 0 Å². The summed E-state index contributed by atoms with van der Waals surface area (Å²) in [4.78, 5) is 20.0. The van der Waals surface area contributed by atoms with Crippen LogP contribution in [0, 0.1) is 5.92 Å². The Balaban J connectivity index is 4.55. The predicted molar refractivity (Wildman–Crippen MR) is 55.4 cm³/mol. The maximum Gasteiger partial charge on any atom is 0.345 e. The molecule has 90 valence electrons. The fraction of sp³-hybridized carbons (Fsp3) is 0.875. The summed E-state index contributed by atoms with van der Waals surface area (Å²) in [6, 6.07) is 0. The van der Waals surface area contributed by atoms with Gasteiger partial charge in [0, 0.05) is 0 Å². The molecule has 6 nitrogen and oxygen atoms in total. The second-order valence-electron chi connectivity index (χ2n) is 3.87. The molecule has 4 N–H and O–H groups in total. The summed E-state index contributed by atoms with van der Waals surface area (Å²) < 4.78 is 16.0. The van der Waals surface area contributed by atoms with Crippen molar-refractivity contribution >= 4 is 13.6 Å². The highest BCUT2D eigenvalue weighted by molar-refractivity contribution is 7.53. The number of nitrogens with two attached hydrogens (primary N) is 1. The van der Waals surface area contributed by atoms with Crippen LogP contribution in [-0.2, 0) is 13.9 Å². The number of rotatable bonds is 6. The Morgan fingerprint density at radius 3 is 2.20 bits per heavy atom. The Morgan fingerprint density at radius 2 is 1.93 bits per heavy atom. The maximum absolute atomic E-state index is 11.4. The number of hydrogen-bond donors (Lipinski definition) is 3. The van der Waals surface area contributed by atoms with Crippen molar-refractivity contribution in [2.24, 2.45) is 11.7 Å². The lowest BCUT2D eigenvalue weighted by Gasteiger charge is -2.21. The summed E-state index contributed by atoms with van der Waals surface area (Å²) in [6.45, 7) is 4.90. The first-order chi connectivity index (χ1) is 6.66. The van der Waals surface area contributed by atoms with Gasteiger partial charge < -0.3 is 15.7 Å². The molecule has 0 fully saturated rings. The second-order valence-corrected chi connectivity index (χ2v) is 6.02. The van der Waals surface area contributed by atoms with Crippen molar-refractivity contribution in [3.8, 4) is 0 Å². The van der Waals surface area contributed by atoms with Gasteiger partial charge in [-0.3, -0.25) is 9.09 Å². The SMILES string of the molecule is CC(C)C[C@@H](OP(=O)(O)[C@H](C)N)C(=O)O. The van der Waals surface area contributed by atoms with E-state index in [-0.39, 0.29) is 12.3 Å². The third-order valence-electron chi connectivity index (χ3n) is 1.75. The molecule has 0 saturated carbocycles. The highest BCUT2D eigenvalue weighted by Crippen LogP contribution is 2.46. The molecule has 0 radical (unpaired) electrons. The fourth-order valence-electron chi connectivity index (χ4n) is 0.895. The molecule has 0 saturated heterocycles. The second kappa shape index (κ2) is 5.61. The number of carboxylic acid groups (broad SMARTS) is 1. The van der Waals surface area contributed by atoms with Crippen molar-refractivity contribution in [1.29, 1.82) is 0 Å². The Bertz CT molecular complexity index is 266. The van der Waals surface area contributed by atoms with Gasteiger partial charge in [0.1, 0.15) is 5.78 Å². The third-order valence-corrected chi connectivity index (χ3v) is 3.34. The van der Waals surface area contributed by atoms with Gasteiger partial charge in [-0.25, -0.2) is 4.79 Å². The predicted octanol–water partition coefficient (Wildman–Crippen LogP) is 0.992. The normalized spacial score (nSPS) is 19.6. The van der Waals surface area contributed by atoms with Crippen LogP contribution in [0.25, 0.3) is 0 Å². The van der Waals surface area contributed by atoms with E-state index in [1.165, 1.54) is 6.92 Å². The van der Waals surface area contributed by atoms with Gasteiger partial charge in [0.05, 0.1) is 0 Å². The van der Waals surface area contributed by atoms with Gasteiger partial charge in [-0.15, -0.1) is 0 Å². The standard InChI is InChI=1S/C8H18NO5P/c1-5(2)4-7(8(10)11)14-15(12,13)6(3)9/h5-7H,4,9H2,1-3H3,(H,10,11)(H,12,13)/t6-,7-/m1/s1. The van der Waals surface area contributed by atoms with E-state index in [0.29, 0.717) is 0 Å². The molecule has 3 atom stereocenters. The lowest BCUT2D eigenvalue weighted by molar-refractivity contribution is -0.146. The summed E-state index contributed by atoms with van der Waals surface area (Å²) in [6.07, 6.45) is -1.11. The van der Waals surface area contributed by atoms with Crippen LogP contribution in [-0.4, -0.2) is 27.9 Å². The zero-order chi connectivity index (χ0) is 12.2. The topological polar surface area (TPSA) is 110 Å². The molecule has 0 aliphatic heterocycles. The average Bonchev–Trinajstić information content (AvgIpc) is 2.01. The largest absolute Gasteiger partial charge is 0.479 e. The lowest BCUT2D eigenvalue weighted by atomic mass is 10.1. The third kappa shape index (κ3) is 5.28. The summed E-state index contributed by atoms with van der Waals surface area (Å²) in [5, 5.41) is 8.77. The highest BCUT2D eigenvalue weighted by atomic mass is 31.2. The van der Waals surface area contributed by atoms with E-state index >= 15 is 0 Å². The molecule has 7 heteroatoms. The van der Waals surface area contributed by atoms with Crippen LogP contribution < -0.4 is 5.73 Å². The van der Waals surface area contributed by atoms with E-state index in [4.69, 9.17) is 10.8 Å². The van der Waals surface area contributed by atoms with E-state index in [9.17, 15) is 14.3 Å². The Labute approximate surface area is 89.0 Å². The summed E-state index contributed by atoms with van der Waals surface area (Å²) in [7, 11) is -4.03. The molecule has 0 spiro atoms. The van der Waals surface area contributed by atoms with Crippen molar-refractivity contribution in [2.75, 3.05) is 0 Å². The van der Waals surface area contributed by atoms with Crippen LogP contribution in [0.5, 0.6) is 0 Å². The van der Waals surface area contributed by atoms with Gasteiger partial charge in [-0.1, -0.05) is 13.8 Å². The van der Waals surface area contributed by atoms with Crippen LogP contribution in [0.2, 0.25) is 0 Å². The monoisotopic (exact) mass is 239 g/mol. The molecule has 0 heterocycles. The van der Waals surface area contributed by atoms with Gasteiger partial charge >= 0.3 is 13.6 Å². The molecule has 0 aromatic rings. The van der Waals surface area contributed by atoms with Crippen LogP contribution in [0.4, 0.5) is 0 Å². The van der Waals surface area contributed by atoms with Crippen LogP contribution in [0.3, 0.4) is 0 Å². The van der Waals surface area contributed by atoms with Gasteiger partial charge in [0.25, 0.3) is 0 Å². The van der Waals surface area contributed by atoms with E-state index in [0.717, 1.165) is 0 Å². The molecule has 0 aliphatic carbocycles. The fourth-order valence-corrected chi connectivity index (χ4v) is 1.63. The van der Waals surface area contributed by atoms with E-state index in [1.807, 2.05) is 0 Å². The van der Waals surface area contributed by atoms with Crippen molar-refractivity contribution in [1.82, 2.24) is 0 Å². The molecule has 0 aliphatic rings. The van der Waals surface area contributed by atoms with E-state index in [1.54, 1.807) is 13.8 Å². The maximum atomic E-state index is 11.4. The molecule has 0 bridgehead atoms. The number of hydrogen-bond acceptors (Lipinski definition) is 4. The van der Waals surface area contributed by atoms with Crippen molar-refractivity contribution in [3.63, 3.8) is 0 Å². The number of aliphatic carboxylic acids is 1. The number of carbonyl (C=O) groups is 1. The van der Waals surface area contributed by atoms with Crippen molar-refractivity contribution < 1.29 is 23.9 Å². The van der Waals surface area contributed by atoms with Crippen LogP contribution in [0.15, 0.2) is 0 Å². The molecule has 1 unspecified atom stereocenters. The molecule has 15 heavy (non-hydrogen) atoms. The molecule has 0 amide bonds. The lowest BCUT2D eigenvalue weighted by Crippen LogP contribution is -2.28. The molecule has 0 aromatic heterocycles. The zero-order valence-corrected chi connectivity index (χ0v) is 9.98. The Morgan fingerprint density at radius 1 is 1.47 bits per heavy atom. The highest BCUT2D eigenvalue weighted by Gasteiger charge is 2.33. The zero-order valence-electron chi connectivity index (χ0n) is 9.08. The van der Waals surface area contributed by atoms with E-state index in [2.05, 4.69) is 4.52 Å². The molecule has 0 aromatic carbocycles. The molecular weight excluding hydrogens is 221 g/mol. The Hall–Kier alpha value is -0.420. The van der Waals surface area contributed by atoms with Crippen LogP contribution in [0.1, 0.15) is 27.2 Å². The van der Waals surface area contributed by atoms with Crippen molar-refractivity contribution in [3.05, 3.63) is 0 Å². The summed E-state index contributed by atoms with van der Waals surface area (Å²) in [5.74, 6) is -2.29. The van der Waals surface area contributed by atoms with Gasteiger partial charge in [-0.05, 0) is 19.3 Å². The molecular formula is C8H18NO5P. The van der Waals surface area contributed by atoms with Crippen LogP contribution >= 0.6 is 7.60 Å². The Kier molecular flexibility index (Phi) is 5.45. The van der Waals surface area contributed by atoms with Crippen molar-refractivity contribution in [2.45, 2.75) is 39.1 Å². The summed E-state index contributed by atoms with van der Waals surface area (Å²) in [5.41, 5.74) is 5.22. The quantitative estimate of drug-likeness (QED) is 0.596. The average molecular weight is 239 g/mol. The number of carboxylic acids is 1. The first kappa shape index (κ1) is 14.6. The first-order valence-electron chi connectivity index (χ1n) is 4.66. The smallest absolute Gasteiger partial charge is 0.345 e. The molecule has 0 rings (SSSR count). The van der Waals surface area contributed by atoms with Gasteiger partial charge in [-0.2, -0.15) is 0 Å².